The summed E-state index contributed by atoms with van der Waals surface area (Å²) in [6.45, 7) is 5.37. The lowest BCUT2D eigenvalue weighted by Gasteiger charge is -2.22. The van der Waals surface area contributed by atoms with Crippen LogP contribution in [0.1, 0.15) is 38.9 Å². The van der Waals surface area contributed by atoms with Crippen LogP contribution < -0.4 is 5.32 Å². The van der Waals surface area contributed by atoms with Gasteiger partial charge in [0.2, 0.25) is 0 Å². The normalized spacial score (nSPS) is 14.3. The van der Waals surface area contributed by atoms with Crippen molar-refractivity contribution in [2.45, 2.75) is 45.0 Å². The van der Waals surface area contributed by atoms with Crippen LogP contribution in [0.15, 0.2) is 12.3 Å². The molecule has 0 aliphatic rings. The van der Waals surface area contributed by atoms with E-state index in [4.69, 9.17) is 27.9 Å². The van der Waals surface area contributed by atoms with E-state index in [-0.39, 0.29) is 28.7 Å². The molecule has 22 heavy (non-hydrogen) atoms. The van der Waals surface area contributed by atoms with Crippen LogP contribution >= 0.6 is 23.2 Å². The summed E-state index contributed by atoms with van der Waals surface area (Å²) in [6, 6.07) is 1.47. The Labute approximate surface area is 139 Å². The largest absolute Gasteiger partial charge is 0.444 e. The van der Waals surface area contributed by atoms with Crippen LogP contribution in [0.4, 0.5) is 4.79 Å². The van der Waals surface area contributed by atoms with E-state index in [9.17, 15) is 15.0 Å². The van der Waals surface area contributed by atoms with Crippen molar-refractivity contribution < 1.29 is 19.7 Å². The molecule has 3 N–H and O–H groups in total. The number of nitrogens with one attached hydrogen (secondary N) is 1. The van der Waals surface area contributed by atoms with E-state index in [2.05, 4.69) is 10.3 Å². The lowest BCUT2D eigenvalue weighted by Crippen LogP contribution is -2.34. The number of aliphatic hydroxyl groups excluding tert-OH is 2. The fourth-order valence-corrected chi connectivity index (χ4v) is 2.25. The first-order valence-corrected chi connectivity index (χ1v) is 7.50. The molecule has 2 unspecified atom stereocenters. The monoisotopic (exact) mass is 350 g/mol. The molecule has 2 atom stereocenters. The number of halogens is 2. The highest BCUT2D eigenvalue weighted by Gasteiger charge is 2.24. The molecule has 0 radical (unpaired) electrons. The smallest absolute Gasteiger partial charge is 0.407 e. The van der Waals surface area contributed by atoms with Crippen LogP contribution in [0.3, 0.4) is 0 Å². The van der Waals surface area contributed by atoms with E-state index in [0.29, 0.717) is 0 Å². The molecule has 0 saturated heterocycles. The number of hydrogen-bond donors (Lipinski definition) is 3. The van der Waals surface area contributed by atoms with Gasteiger partial charge in [0.05, 0.1) is 11.1 Å². The molecule has 0 saturated carbocycles. The van der Waals surface area contributed by atoms with Crippen LogP contribution in [0, 0.1) is 0 Å². The molecule has 0 bridgehead atoms. The third-order valence-electron chi connectivity index (χ3n) is 2.66. The molecule has 1 amide bonds. The fourth-order valence-electron chi connectivity index (χ4n) is 1.68. The second-order valence-electron chi connectivity index (χ2n) is 5.73. The highest BCUT2D eigenvalue weighted by atomic mass is 35.5. The SMILES string of the molecule is CC(C)(C)OC(=O)NCCC(O)C(O)c1c(Cl)ccnc1Cl. The summed E-state index contributed by atoms with van der Waals surface area (Å²) in [6.07, 6.45) is -1.55. The van der Waals surface area contributed by atoms with Crippen molar-refractivity contribution in [2.24, 2.45) is 0 Å². The Morgan fingerprint density at radius 2 is 2.05 bits per heavy atom. The first-order valence-electron chi connectivity index (χ1n) is 6.74. The van der Waals surface area contributed by atoms with Crippen molar-refractivity contribution in [1.29, 1.82) is 0 Å². The molecule has 0 aromatic carbocycles. The Kier molecular flexibility index (Phi) is 6.87. The van der Waals surface area contributed by atoms with Gasteiger partial charge in [-0.3, -0.25) is 0 Å². The fraction of sp³-hybridized carbons (Fsp3) is 0.571. The number of nitrogens with zero attached hydrogens (tertiary/aromatic N) is 1. The van der Waals surface area contributed by atoms with E-state index in [1.807, 2.05) is 0 Å². The minimum Gasteiger partial charge on any atom is -0.444 e. The maximum atomic E-state index is 11.5. The Hall–Kier alpha value is -1.08. The second kappa shape index (κ2) is 7.97. The topological polar surface area (TPSA) is 91.7 Å². The average molecular weight is 351 g/mol. The van der Waals surface area contributed by atoms with Crippen molar-refractivity contribution in [1.82, 2.24) is 10.3 Å². The van der Waals surface area contributed by atoms with Crippen LogP contribution in [0.5, 0.6) is 0 Å². The van der Waals surface area contributed by atoms with Gasteiger partial charge < -0.3 is 20.3 Å². The molecule has 1 aromatic rings. The number of rotatable bonds is 5. The number of amides is 1. The van der Waals surface area contributed by atoms with Gasteiger partial charge in [-0.05, 0) is 33.3 Å². The highest BCUT2D eigenvalue weighted by Crippen LogP contribution is 2.31. The van der Waals surface area contributed by atoms with Gasteiger partial charge in [0, 0.05) is 18.3 Å². The van der Waals surface area contributed by atoms with E-state index >= 15 is 0 Å². The van der Waals surface area contributed by atoms with Crippen molar-refractivity contribution >= 4 is 29.3 Å². The quantitative estimate of drug-likeness (QED) is 0.710. The number of alkyl carbamates (subject to hydrolysis) is 1. The van der Waals surface area contributed by atoms with Crippen molar-refractivity contribution in [3.8, 4) is 0 Å². The zero-order valence-corrected chi connectivity index (χ0v) is 14.1. The summed E-state index contributed by atoms with van der Waals surface area (Å²) < 4.78 is 5.06. The Morgan fingerprint density at radius 1 is 1.41 bits per heavy atom. The summed E-state index contributed by atoms with van der Waals surface area (Å²) in [4.78, 5) is 15.3. The van der Waals surface area contributed by atoms with Gasteiger partial charge in [-0.15, -0.1) is 0 Å². The molecule has 124 valence electrons. The molecule has 1 aromatic heterocycles. The average Bonchev–Trinajstić information content (AvgIpc) is 2.35. The number of aliphatic hydroxyl groups is 2. The lowest BCUT2D eigenvalue weighted by atomic mass is 10.0. The lowest BCUT2D eigenvalue weighted by molar-refractivity contribution is 0.0122. The maximum absolute atomic E-state index is 11.5. The molecule has 0 spiro atoms. The van der Waals surface area contributed by atoms with Crippen LogP contribution in [0.25, 0.3) is 0 Å². The molecule has 6 nitrogen and oxygen atoms in total. The maximum Gasteiger partial charge on any atom is 0.407 e. The summed E-state index contributed by atoms with van der Waals surface area (Å²) in [5, 5.41) is 22.8. The predicted molar refractivity (Wildman–Crippen MR) is 84.1 cm³/mol. The standard InChI is InChI=1S/C14H20Cl2N2O4/c1-14(2,3)22-13(21)18-7-5-9(19)11(20)10-8(15)4-6-17-12(10)16/h4,6,9,11,19-20H,5,7H2,1-3H3,(H,18,21). The number of carbonyl (C=O) groups excluding carboxylic acids is 1. The summed E-state index contributed by atoms with van der Waals surface area (Å²) in [5.74, 6) is 0. The number of pyridine rings is 1. The first-order chi connectivity index (χ1) is 10.1. The zero-order valence-electron chi connectivity index (χ0n) is 12.6. The van der Waals surface area contributed by atoms with Gasteiger partial charge in [-0.1, -0.05) is 23.2 Å². The molecule has 0 fully saturated rings. The van der Waals surface area contributed by atoms with Crippen LogP contribution in [0.2, 0.25) is 10.2 Å². The van der Waals surface area contributed by atoms with Crippen molar-refractivity contribution in [2.75, 3.05) is 6.54 Å². The third-order valence-corrected chi connectivity index (χ3v) is 3.29. The Bertz CT molecular complexity index is 500. The van der Waals surface area contributed by atoms with Crippen molar-refractivity contribution in [3.63, 3.8) is 0 Å². The summed E-state index contributed by atoms with van der Waals surface area (Å²) in [7, 11) is 0. The summed E-state index contributed by atoms with van der Waals surface area (Å²) in [5.41, 5.74) is -0.436. The zero-order chi connectivity index (χ0) is 16.9. The molecule has 0 aliphatic carbocycles. The van der Waals surface area contributed by atoms with Gasteiger partial charge >= 0.3 is 6.09 Å². The minimum atomic E-state index is -1.30. The highest BCUT2D eigenvalue weighted by molar-refractivity contribution is 6.35. The third kappa shape index (κ3) is 5.96. The van der Waals surface area contributed by atoms with Crippen LogP contribution in [-0.2, 0) is 4.74 Å². The minimum absolute atomic E-state index is 0.0270. The number of hydrogen-bond acceptors (Lipinski definition) is 5. The molecule has 8 heteroatoms. The van der Waals surface area contributed by atoms with Crippen LogP contribution in [-0.4, -0.2) is 39.5 Å². The van der Waals surface area contributed by atoms with Gasteiger partial charge in [-0.25, -0.2) is 9.78 Å². The second-order valence-corrected chi connectivity index (χ2v) is 6.49. The molecule has 0 aliphatic heterocycles. The number of ether oxygens (including phenoxy) is 1. The van der Waals surface area contributed by atoms with E-state index in [1.54, 1.807) is 20.8 Å². The molecule has 1 rings (SSSR count). The van der Waals surface area contributed by atoms with E-state index in [0.717, 1.165) is 0 Å². The van der Waals surface area contributed by atoms with Crippen molar-refractivity contribution in [3.05, 3.63) is 28.0 Å². The predicted octanol–water partition coefficient (Wildman–Crippen LogP) is 2.70. The molecule has 1 heterocycles. The van der Waals surface area contributed by atoms with E-state index in [1.165, 1.54) is 12.3 Å². The van der Waals surface area contributed by atoms with Gasteiger partial charge in [0.25, 0.3) is 0 Å². The summed E-state index contributed by atoms with van der Waals surface area (Å²) >= 11 is 11.8. The van der Waals surface area contributed by atoms with E-state index < -0.39 is 23.9 Å². The van der Waals surface area contributed by atoms with Gasteiger partial charge in [-0.2, -0.15) is 0 Å². The van der Waals surface area contributed by atoms with Gasteiger partial charge in [0.15, 0.2) is 0 Å². The Balaban J connectivity index is 2.52. The Morgan fingerprint density at radius 3 is 2.59 bits per heavy atom. The molecular weight excluding hydrogens is 331 g/mol. The number of carbonyl (C=O) groups is 1. The number of aromatic nitrogens is 1. The van der Waals surface area contributed by atoms with Gasteiger partial charge in [0.1, 0.15) is 16.9 Å². The first kappa shape index (κ1) is 19.0. The molecular formula is C14H20Cl2N2O4.